The van der Waals surface area contributed by atoms with Gasteiger partial charge < -0.3 is 25.2 Å². The number of piperidine rings is 1. The van der Waals surface area contributed by atoms with Crippen molar-refractivity contribution in [1.29, 1.82) is 0 Å². The van der Waals surface area contributed by atoms with Gasteiger partial charge in [-0.3, -0.25) is 4.99 Å². The Labute approximate surface area is 171 Å². The first-order valence-corrected chi connectivity index (χ1v) is 11.0. The Morgan fingerprint density at radius 1 is 1.25 bits per heavy atom. The lowest BCUT2D eigenvalue weighted by Gasteiger charge is -2.44. The summed E-state index contributed by atoms with van der Waals surface area (Å²) in [6, 6.07) is 0.337. The van der Waals surface area contributed by atoms with E-state index < -0.39 is 0 Å². The molecule has 2 atom stereocenters. The van der Waals surface area contributed by atoms with E-state index in [9.17, 15) is 4.79 Å². The van der Waals surface area contributed by atoms with Crippen LogP contribution in [0, 0.1) is 5.92 Å². The summed E-state index contributed by atoms with van der Waals surface area (Å²) in [5.74, 6) is 1.66. The molecular weight excluding hydrogens is 354 g/mol. The van der Waals surface area contributed by atoms with Gasteiger partial charge in [0.1, 0.15) is 0 Å². The molecule has 28 heavy (non-hydrogen) atoms. The second-order valence-electron chi connectivity index (χ2n) is 8.62. The van der Waals surface area contributed by atoms with Gasteiger partial charge in [0, 0.05) is 31.2 Å². The fourth-order valence-electron chi connectivity index (χ4n) is 4.48. The Morgan fingerprint density at radius 2 is 1.96 bits per heavy atom. The van der Waals surface area contributed by atoms with E-state index >= 15 is 0 Å². The number of rotatable bonds is 6. The topological polar surface area (TPSA) is 69.2 Å². The van der Waals surface area contributed by atoms with Crippen molar-refractivity contribution in [2.75, 3.05) is 46.9 Å². The summed E-state index contributed by atoms with van der Waals surface area (Å²) in [5.41, 5.74) is 0.160. The Kier molecular flexibility index (Phi) is 8.86. The van der Waals surface area contributed by atoms with Crippen LogP contribution < -0.4 is 10.6 Å². The molecule has 2 unspecified atom stereocenters. The van der Waals surface area contributed by atoms with Gasteiger partial charge in [0.2, 0.25) is 0 Å². The molecule has 7 heteroatoms. The molecule has 0 aromatic rings. The summed E-state index contributed by atoms with van der Waals surface area (Å²) < 4.78 is 5.11. The monoisotopic (exact) mass is 395 g/mol. The summed E-state index contributed by atoms with van der Waals surface area (Å²) in [7, 11) is 4.39. The van der Waals surface area contributed by atoms with Gasteiger partial charge in [0.15, 0.2) is 5.96 Å². The zero-order valence-corrected chi connectivity index (χ0v) is 18.6. The van der Waals surface area contributed by atoms with Crippen LogP contribution in [0.5, 0.6) is 0 Å². The number of amides is 1. The fourth-order valence-corrected chi connectivity index (χ4v) is 4.48. The number of ether oxygens (including phenoxy) is 1. The lowest BCUT2D eigenvalue weighted by atomic mass is 9.75. The molecule has 7 nitrogen and oxygen atoms in total. The largest absolute Gasteiger partial charge is 0.450 e. The smallest absolute Gasteiger partial charge is 0.409 e. The van der Waals surface area contributed by atoms with E-state index in [1.165, 1.54) is 25.7 Å². The maximum Gasteiger partial charge on any atom is 0.409 e. The maximum absolute atomic E-state index is 11.9. The van der Waals surface area contributed by atoms with E-state index in [0.29, 0.717) is 12.6 Å². The van der Waals surface area contributed by atoms with Crippen LogP contribution in [0.2, 0.25) is 0 Å². The van der Waals surface area contributed by atoms with Crippen LogP contribution >= 0.6 is 0 Å². The van der Waals surface area contributed by atoms with Gasteiger partial charge in [0.05, 0.1) is 13.2 Å². The number of hydrogen-bond acceptors (Lipinski definition) is 4. The van der Waals surface area contributed by atoms with Crippen LogP contribution in [0.4, 0.5) is 4.79 Å². The van der Waals surface area contributed by atoms with Crippen LogP contribution in [-0.2, 0) is 4.74 Å². The second kappa shape index (κ2) is 10.9. The van der Waals surface area contributed by atoms with E-state index in [0.717, 1.165) is 50.9 Å². The third-order valence-electron chi connectivity index (χ3n) is 6.25. The molecule has 0 bridgehead atoms. The zero-order chi connectivity index (χ0) is 20.6. The molecule has 1 amide bonds. The Balaban J connectivity index is 1.94. The van der Waals surface area contributed by atoms with Crippen molar-refractivity contribution in [2.24, 2.45) is 10.9 Å². The summed E-state index contributed by atoms with van der Waals surface area (Å²) in [6.07, 6.45) is 6.67. The molecule has 1 saturated heterocycles. The summed E-state index contributed by atoms with van der Waals surface area (Å²) in [4.78, 5) is 21.0. The highest BCUT2D eigenvalue weighted by Crippen LogP contribution is 2.35. The average Bonchev–Trinajstić information content (AvgIpc) is 2.67. The van der Waals surface area contributed by atoms with Gasteiger partial charge in [-0.1, -0.05) is 19.8 Å². The molecule has 0 aromatic carbocycles. The van der Waals surface area contributed by atoms with E-state index in [1.54, 1.807) is 4.90 Å². The lowest BCUT2D eigenvalue weighted by molar-refractivity contribution is 0.0843. The molecule has 1 heterocycles. The molecule has 2 fully saturated rings. The van der Waals surface area contributed by atoms with Crippen molar-refractivity contribution >= 4 is 12.1 Å². The van der Waals surface area contributed by atoms with Gasteiger partial charge >= 0.3 is 6.09 Å². The number of carbonyl (C=O) groups excluding carboxylic acids is 1. The second-order valence-corrected chi connectivity index (χ2v) is 8.62. The first-order valence-electron chi connectivity index (χ1n) is 11.0. The van der Waals surface area contributed by atoms with E-state index in [1.807, 2.05) is 6.92 Å². The third-order valence-corrected chi connectivity index (χ3v) is 6.25. The first kappa shape index (κ1) is 22.8. The standard InChI is InChI=1S/C21H41N5O2/c1-6-22-19(23-16-21(25(4)5)12-8-9-17(3)15-21)24-18-10-13-26(14-11-18)20(27)28-7-2/h17-18H,6-16H2,1-5H3,(H2,22,23,24). The number of nitrogens with one attached hydrogen (secondary N) is 2. The van der Waals surface area contributed by atoms with Crippen molar-refractivity contribution in [3.05, 3.63) is 0 Å². The van der Waals surface area contributed by atoms with Crippen molar-refractivity contribution in [3.63, 3.8) is 0 Å². The van der Waals surface area contributed by atoms with Crippen LogP contribution in [0.1, 0.15) is 59.3 Å². The van der Waals surface area contributed by atoms with Gasteiger partial charge in [-0.2, -0.15) is 0 Å². The number of likely N-dealkylation sites (N-methyl/N-ethyl adjacent to an activating group) is 1. The molecule has 0 aromatic heterocycles. The molecule has 0 radical (unpaired) electrons. The van der Waals surface area contributed by atoms with Crippen molar-refractivity contribution in [1.82, 2.24) is 20.4 Å². The van der Waals surface area contributed by atoms with Crippen molar-refractivity contribution < 1.29 is 9.53 Å². The predicted molar refractivity (Wildman–Crippen MR) is 115 cm³/mol. The van der Waals surface area contributed by atoms with Crippen LogP contribution in [-0.4, -0.2) is 80.3 Å². The molecule has 2 aliphatic rings. The fraction of sp³-hybridized carbons (Fsp3) is 0.905. The first-order chi connectivity index (χ1) is 13.4. The summed E-state index contributed by atoms with van der Waals surface area (Å²) in [6.45, 7) is 9.87. The number of nitrogens with zero attached hydrogens (tertiary/aromatic N) is 3. The van der Waals surface area contributed by atoms with Gasteiger partial charge in [-0.15, -0.1) is 0 Å². The molecule has 0 spiro atoms. The average molecular weight is 396 g/mol. The zero-order valence-electron chi connectivity index (χ0n) is 18.6. The normalized spacial score (nSPS) is 27.0. The van der Waals surface area contributed by atoms with E-state index in [-0.39, 0.29) is 11.6 Å². The minimum Gasteiger partial charge on any atom is -0.450 e. The highest BCUT2D eigenvalue weighted by Gasteiger charge is 2.37. The maximum atomic E-state index is 11.9. The quantitative estimate of drug-likeness (QED) is 0.535. The Hall–Kier alpha value is -1.50. The number of likely N-dealkylation sites (tertiary alicyclic amines) is 1. The summed E-state index contributed by atoms with van der Waals surface area (Å²) in [5, 5.41) is 7.00. The minimum atomic E-state index is -0.194. The number of carbonyl (C=O) groups is 1. The van der Waals surface area contributed by atoms with Gasteiger partial charge in [-0.05, 0) is 59.5 Å². The minimum absolute atomic E-state index is 0.160. The number of aliphatic imine (C=N–C) groups is 1. The highest BCUT2D eigenvalue weighted by molar-refractivity contribution is 5.80. The predicted octanol–water partition coefficient (Wildman–Crippen LogP) is 2.67. The van der Waals surface area contributed by atoms with Crippen LogP contribution in [0.25, 0.3) is 0 Å². The highest BCUT2D eigenvalue weighted by atomic mass is 16.6. The third kappa shape index (κ3) is 6.26. The number of guanidine groups is 1. The van der Waals surface area contributed by atoms with E-state index in [2.05, 4.69) is 43.5 Å². The van der Waals surface area contributed by atoms with Crippen LogP contribution in [0.15, 0.2) is 4.99 Å². The van der Waals surface area contributed by atoms with Gasteiger partial charge in [0.25, 0.3) is 0 Å². The molecule has 1 aliphatic heterocycles. The van der Waals surface area contributed by atoms with Gasteiger partial charge in [-0.25, -0.2) is 4.79 Å². The number of hydrogen-bond donors (Lipinski definition) is 2. The molecule has 162 valence electrons. The molecule has 1 saturated carbocycles. The molecule has 1 aliphatic carbocycles. The molecule has 2 N–H and O–H groups in total. The molecular formula is C21H41N5O2. The Bertz CT molecular complexity index is 517. The molecule has 2 rings (SSSR count). The van der Waals surface area contributed by atoms with Crippen molar-refractivity contribution in [3.8, 4) is 0 Å². The van der Waals surface area contributed by atoms with Crippen LogP contribution in [0.3, 0.4) is 0 Å². The van der Waals surface area contributed by atoms with Crippen molar-refractivity contribution in [2.45, 2.75) is 70.9 Å². The Morgan fingerprint density at radius 3 is 2.54 bits per heavy atom. The summed E-state index contributed by atoms with van der Waals surface area (Å²) >= 11 is 0. The van der Waals surface area contributed by atoms with E-state index in [4.69, 9.17) is 9.73 Å². The lowest BCUT2D eigenvalue weighted by Crippen LogP contribution is -2.52. The SMILES string of the molecule is CCNC(=NCC1(N(C)C)CCCC(C)C1)NC1CCN(C(=O)OCC)CC1.